The zero-order valence-corrected chi connectivity index (χ0v) is 11.2. The fraction of sp³-hybridized carbons (Fsp3) is 0.692. The zero-order valence-electron chi connectivity index (χ0n) is 11.2. The summed E-state index contributed by atoms with van der Waals surface area (Å²) in [5, 5.41) is 9.05. The molecule has 1 aliphatic heterocycles. The van der Waals surface area contributed by atoms with Crippen molar-refractivity contribution in [2.75, 3.05) is 13.7 Å². The van der Waals surface area contributed by atoms with Gasteiger partial charge in [0.15, 0.2) is 0 Å². The summed E-state index contributed by atoms with van der Waals surface area (Å²) >= 11 is 0. The van der Waals surface area contributed by atoms with E-state index >= 15 is 0 Å². The maximum atomic E-state index is 12.0. The van der Waals surface area contributed by atoms with E-state index < -0.39 is 11.5 Å². The first kappa shape index (κ1) is 14.5. The van der Waals surface area contributed by atoms with Crippen LogP contribution in [0.2, 0.25) is 0 Å². The quantitative estimate of drug-likeness (QED) is 0.620. The second-order valence-corrected chi connectivity index (χ2v) is 5.18. The van der Waals surface area contributed by atoms with Gasteiger partial charge in [-0.2, -0.15) is 0 Å². The van der Waals surface area contributed by atoms with Crippen LogP contribution in [0.5, 0.6) is 0 Å². The Hall–Kier alpha value is -1.52. The van der Waals surface area contributed by atoms with Gasteiger partial charge in [0.25, 0.3) is 0 Å². The van der Waals surface area contributed by atoms with Gasteiger partial charge in [0.1, 0.15) is 0 Å². The summed E-state index contributed by atoms with van der Waals surface area (Å²) in [4.78, 5) is 24.4. The number of carbonyl (C=O) groups is 2. The lowest BCUT2D eigenvalue weighted by Crippen LogP contribution is -2.51. The van der Waals surface area contributed by atoms with E-state index in [0.29, 0.717) is 25.8 Å². The van der Waals surface area contributed by atoms with Crippen molar-refractivity contribution < 1.29 is 19.4 Å². The third-order valence-corrected chi connectivity index (χ3v) is 3.55. The SMILES string of the molecule is C=C(C)C[C@@]1(C(=O)OC)CCN(C(=O)O)[C@H](C)C1. The number of hydrogen-bond acceptors (Lipinski definition) is 3. The number of likely N-dealkylation sites (tertiary alicyclic amines) is 1. The molecular weight excluding hydrogens is 234 g/mol. The van der Waals surface area contributed by atoms with E-state index in [-0.39, 0.29) is 12.0 Å². The molecule has 0 aromatic carbocycles. The summed E-state index contributed by atoms with van der Waals surface area (Å²) in [7, 11) is 1.37. The summed E-state index contributed by atoms with van der Waals surface area (Å²) in [6.45, 7) is 7.91. The molecule has 1 heterocycles. The minimum absolute atomic E-state index is 0.185. The summed E-state index contributed by atoms with van der Waals surface area (Å²) in [6.07, 6.45) is 0.593. The Morgan fingerprint density at radius 3 is 2.56 bits per heavy atom. The van der Waals surface area contributed by atoms with E-state index in [2.05, 4.69) is 6.58 Å². The van der Waals surface area contributed by atoms with Gasteiger partial charge in [0, 0.05) is 12.6 Å². The van der Waals surface area contributed by atoms with Crippen LogP contribution in [0.1, 0.15) is 33.1 Å². The Morgan fingerprint density at radius 1 is 1.56 bits per heavy atom. The lowest BCUT2D eigenvalue weighted by molar-refractivity contribution is -0.156. The van der Waals surface area contributed by atoms with Gasteiger partial charge in [-0.15, -0.1) is 6.58 Å². The molecule has 0 aromatic rings. The molecule has 1 amide bonds. The first-order chi connectivity index (χ1) is 8.32. The summed E-state index contributed by atoms with van der Waals surface area (Å²) in [5.41, 5.74) is 0.294. The Bertz CT molecular complexity index is 366. The number of amides is 1. The number of methoxy groups -OCH3 is 1. The lowest BCUT2D eigenvalue weighted by Gasteiger charge is -2.42. The molecule has 2 atom stereocenters. The maximum absolute atomic E-state index is 12.0. The second-order valence-electron chi connectivity index (χ2n) is 5.18. The molecule has 1 fully saturated rings. The Morgan fingerprint density at radius 2 is 2.17 bits per heavy atom. The fourth-order valence-electron chi connectivity index (χ4n) is 2.83. The molecule has 5 heteroatoms. The molecule has 0 aromatic heterocycles. The van der Waals surface area contributed by atoms with E-state index in [1.165, 1.54) is 12.0 Å². The smallest absolute Gasteiger partial charge is 0.407 e. The van der Waals surface area contributed by atoms with E-state index in [1.807, 2.05) is 13.8 Å². The van der Waals surface area contributed by atoms with Crippen molar-refractivity contribution in [2.24, 2.45) is 5.41 Å². The second kappa shape index (κ2) is 5.42. The highest BCUT2D eigenvalue weighted by molar-refractivity contribution is 5.78. The largest absolute Gasteiger partial charge is 0.469 e. The minimum atomic E-state index is -0.934. The molecule has 0 saturated carbocycles. The van der Waals surface area contributed by atoms with Gasteiger partial charge in [-0.25, -0.2) is 4.79 Å². The van der Waals surface area contributed by atoms with Gasteiger partial charge in [-0.3, -0.25) is 4.79 Å². The summed E-state index contributed by atoms with van der Waals surface area (Å²) < 4.78 is 4.89. The molecule has 5 nitrogen and oxygen atoms in total. The number of ether oxygens (including phenoxy) is 1. The number of esters is 1. The van der Waals surface area contributed by atoms with Crippen molar-refractivity contribution in [1.29, 1.82) is 0 Å². The molecule has 0 unspecified atom stereocenters. The van der Waals surface area contributed by atoms with Crippen LogP contribution in [0.4, 0.5) is 4.79 Å². The molecule has 0 spiro atoms. The van der Waals surface area contributed by atoms with Crippen molar-refractivity contribution >= 4 is 12.1 Å². The van der Waals surface area contributed by atoms with Crippen LogP contribution < -0.4 is 0 Å². The number of nitrogens with zero attached hydrogens (tertiary/aromatic N) is 1. The summed E-state index contributed by atoms with van der Waals surface area (Å²) in [5.74, 6) is -0.262. The Kier molecular flexibility index (Phi) is 4.38. The molecule has 0 bridgehead atoms. The van der Waals surface area contributed by atoms with Crippen molar-refractivity contribution in [2.45, 2.75) is 39.2 Å². The first-order valence-electron chi connectivity index (χ1n) is 6.05. The van der Waals surface area contributed by atoms with Crippen LogP contribution in [0.15, 0.2) is 12.2 Å². The normalized spacial score (nSPS) is 27.7. The average Bonchev–Trinajstić information content (AvgIpc) is 2.26. The maximum Gasteiger partial charge on any atom is 0.407 e. The predicted octanol–water partition coefficient (Wildman–Crippen LogP) is 2.27. The molecule has 0 radical (unpaired) electrons. The standard InChI is InChI=1S/C13H21NO4/c1-9(2)7-13(11(15)18-4)5-6-14(12(16)17)10(3)8-13/h10H,1,5-8H2,2-4H3,(H,16,17)/t10-,13+/m1/s1. The van der Waals surface area contributed by atoms with E-state index in [9.17, 15) is 9.59 Å². The fourth-order valence-corrected chi connectivity index (χ4v) is 2.83. The van der Waals surface area contributed by atoms with Crippen LogP contribution in [-0.2, 0) is 9.53 Å². The van der Waals surface area contributed by atoms with Gasteiger partial charge in [-0.05, 0) is 33.1 Å². The Balaban J connectivity index is 2.92. The van der Waals surface area contributed by atoms with Crippen LogP contribution >= 0.6 is 0 Å². The van der Waals surface area contributed by atoms with Gasteiger partial charge in [0.2, 0.25) is 0 Å². The monoisotopic (exact) mass is 255 g/mol. The van der Waals surface area contributed by atoms with Gasteiger partial charge in [-0.1, -0.05) is 5.57 Å². The zero-order chi connectivity index (χ0) is 13.9. The van der Waals surface area contributed by atoms with E-state index in [4.69, 9.17) is 9.84 Å². The van der Waals surface area contributed by atoms with E-state index in [0.717, 1.165) is 5.57 Å². The lowest BCUT2D eigenvalue weighted by atomic mass is 9.71. The molecule has 102 valence electrons. The molecule has 18 heavy (non-hydrogen) atoms. The molecule has 1 saturated heterocycles. The van der Waals surface area contributed by atoms with Crippen LogP contribution in [0, 0.1) is 5.41 Å². The van der Waals surface area contributed by atoms with Gasteiger partial charge in [0.05, 0.1) is 12.5 Å². The number of allylic oxidation sites excluding steroid dienone is 1. The Labute approximate surface area is 107 Å². The topological polar surface area (TPSA) is 66.8 Å². The van der Waals surface area contributed by atoms with Crippen molar-refractivity contribution in [3.63, 3.8) is 0 Å². The third kappa shape index (κ3) is 2.83. The van der Waals surface area contributed by atoms with Crippen LogP contribution in [-0.4, -0.2) is 41.8 Å². The molecular formula is C13H21NO4. The molecule has 1 N–H and O–H groups in total. The van der Waals surface area contributed by atoms with Crippen molar-refractivity contribution in [3.8, 4) is 0 Å². The number of carbonyl (C=O) groups excluding carboxylic acids is 1. The summed E-state index contributed by atoms with van der Waals surface area (Å²) in [6, 6.07) is -0.185. The van der Waals surface area contributed by atoms with Crippen molar-refractivity contribution in [1.82, 2.24) is 4.90 Å². The number of piperidine rings is 1. The average molecular weight is 255 g/mol. The van der Waals surface area contributed by atoms with Crippen molar-refractivity contribution in [3.05, 3.63) is 12.2 Å². The van der Waals surface area contributed by atoms with Gasteiger partial charge < -0.3 is 14.7 Å². The van der Waals surface area contributed by atoms with Crippen LogP contribution in [0.3, 0.4) is 0 Å². The number of hydrogen-bond donors (Lipinski definition) is 1. The van der Waals surface area contributed by atoms with E-state index in [1.54, 1.807) is 0 Å². The van der Waals surface area contributed by atoms with Gasteiger partial charge >= 0.3 is 12.1 Å². The highest BCUT2D eigenvalue weighted by Crippen LogP contribution is 2.41. The third-order valence-electron chi connectivity index (χ3n) is 3.55. The highest BCUT2D eigenvalue weighted by Gasteiger charge is 2.45. The first-order valence-corrected chi connectivity index (χ1v) is 6.05. The molecule has 0 aliphatic carbocycles. The predicted molar refractivity (Wildman–Crippen MR) is 67.3 cm³/mol. The minimum Gasteiger partial charge on any atom is -0.469 e. The van der Waals surface area contributed by atoms with Crippen LogP contribution in [0.25, 0.3) is 0 Å². The number of carboxylic acid groups (broad SMARTS) is 1. The number of rotatable bonds is 3. The molecule has 1 aliphatic rings. The highest BCUT2D eigenvalue weighted by atomic mass is 16.5. The molecule has 1 rings (SSSR count).